The lowest BCUT2D eigenvalue weighted by Crippen LogP contribution is -2.19. The number of carboxylic acid groups (broad SMARTS) is 1. The first-order valence-corrected chi connectivity index (χ1v) is 8.39. The summed E-state index contributed by atoms with van der Waals surface area (Å²) in [6.45, 7) is 0.217. The first-order valence-electron chi connectivity index (χ1n) is 8.39. The number of aliphatic carboxylic acids is 1. The van der Waals surface area contributed by atoms with Crippen LogP contribution in [0.15, 0.2) is 59.2 Å². The number of hydrogen-bond donors (Lipinski definition) is 1. The van der Waals surface area contributed by atoms with Crippen LogP contribution in [0.4, 0.5) is 13.2 Å². The van der Waals surface area contributed by atoms with Crippen molar-refractivity contribution in [2.24, 2.45) is 0 Å². The monoisotopic (exact) mass is 407 g/mol. The summed E-state index contributed by atoms with van der Waals surface area (Å²) < 4.78 is 54.9. The van der Waals surface area contributed by atoms with Crippen LogP contribution in [-0.4, -0.2) is 23.2 Å². The van der Waals surface area contributed by atoms with Crippen LogP contribution in [0.25, 0.3) is 11.5 Å². The van der Waals surface area contributed by atoms with Crippen molar-refractivity contribution in [2.75, 3.05) is 7.11 Å². The molecule has 0 saturated carbocycles. The minimum absolute atomic E-state index is 0.100. The number of nitrogens with zero attached hydrogens (tertiary/aromatic N) is 1. The zero-order chi connectivity index (χ0) is 21.0. The van der Waals surface area contributed by atoms with Gasteiger partial charge in [0.15, 0.2) is 0 Å². The summed E-state index contributed by atoms with van der Waals surface area (Å²) in [5, 5.41) is 9.56. The molecule has 1 unspecified atom stereocenters. The summed E-state index contributed by atoms with van der Waals surface area (Å²) in [5.41, 5.74) is -0.234. The molecular weight excluding hydrogens is 391 g/mol. The highest BCUT2D eigenvalue weighted by atomic mass is 19.4. The molecule has 2 aromatic carbocycles. The SMILES string of the molecule is COCc1coc(-c2ccccc2OC(C(=O)O)c2cccc(C(F)(F)F)c2)n1. The summed E-state index contributed by atoms with van der Waals surface area (Å²) in [5.74, 6) is -1.17. The van der Waals surface area contributed by atoms with Crippen LogP contribution >= 0.6 is 0 Å². The Labute approximate surface area is 163 Å². The van der Waals surface area contributed by atoms with Crippen molar-refractivity contribution in [3.8, 4) is 17.2 Å². The smallest absolute Gasteiger partial charge is 0.416 e. The fraction of sp³-hybridized carbons (Fsp3) is 0.200. The van der Waals surface area contributed by atoms with Crippen LogP contribution in [0, 0.1) is 0 Å². The lowest BCUT2D eigenvalue weighted by molar-refractivity contribution is -0.146. The summed E-state index contributed by atoms with van der Waals surface area (Å²) in [7, 11) is 1.50. The number of ether oxygens (including phenoxy) is 2. The number of hydrogen-bond acceptors (Lipinski definition) is 5. The fourth-order valence-corrected chi connectivity index (χ4v) is 2.66. The van der Waals surface area contributed by atoms with Crippen molar-refractivity contribution in [3.05, 3.63) is 71.6 Å². The van der Waals surface area contributed by atoms with Crippen molar-refractivity contribution in [1.82, 2.24) is 4.98 Å². The largest absolute Gasteiger partial charge is 0.478 e. The molecule has 0 bridgehead atoms. The molecule has 1 atom stereocenters. The predicted octanol–water partition coefficient (Wildman–Crippen LogP) is 4.71. The molecule has 0 aliphatic carbocycles. The third-order valence-electron chi connectivity index (χ3n) is 3.95. The van der Waals surface area contributed by atoms with Gasteiger partial charge in [-0.15, -0.1) is 0 Å². The van der Waals surface area contributed by atoms with Crippen molar-refractivity contribution < 1.29 is 37.0 Å². The molecular formula is C20H16F3NO5. The average molecular weight is 407 g/mol. The van der Waals surface area contributed by atoms with E-state index < -0.39 is 23.8 Å². The third kappa shape index (κ3) is 4.75. The van der Waals surface area contributed by atoms with E-state index in [-0.39, 0.29) is 23.8 Å². The van der Waals surface area contributed by atoms with E-state index in [4.69, 9.17) is 13.9 Å². The molecule has 29 heavy (non-hydrogen) atoms. The number of benzene rings is 2. The molecule has 0 spiro atoms. The van der Waals surface area contributed by atoms with Gasteiger partial charge in [0, 0.05) is 12.7 Å². The molecule has 152 valence electrons. The van der Waals surface area contributed by atoms with Gasteiger partial charge in [-0.2, -0.15) is 13.2 Å². The number of aromatic nitrogens is 1. The minimum atomic E-state index is -4.60. The van der Waals surface area contributed by atoms with E-state index in [9.17, 15) is 23.1 Å². The molecule has 0 fully saturated rings. The third-order valence-corrected chi connectivity index (χ3v) is 3.95. The van der Waals surface area contributed by atoms with Gasteiger partial charge in [0.05, 0.1) is 17.7 Å². The number of oxazole rings is 1. The van der Waals surface area contributed by atoms with Gasteiger partial charge in [0.2, 0.25) is 12.0 Å². The number of methoxy groups -OCH3 is 1. The van der Waals surface area contributed by atoms with Gasteiger partial charge in [0.1, 0.15) is 17.7 Å². The Morgan fingerprint density at radius 1 is 1.21 bits per heavy atom. The lowest BCUT2D eigenvalue weighted by atomic mass is 10.1. The Morgan fingerprint density at radius 3 is 2.66 bits per heavy atom. The molecule has 0 aliphatic rings. The Bertz CT molecular complexity index is 1000. The van der Waals surface area contributed by atoms with Crippen molar-refractivity contribution in [2.45, 2.75) is 18.9 Å². The topological polar surface area (TPSA) is 81.8 Å². The summed E-state index contributed by atoms with van der Waals surface area (Å²) >= 11 is 0. The zero-order valence-electron chi connectivity index (χ0n) is 15.1. The van der Waals surface area contributed by atoms with E-state index in [1.165, 1.54) is 25.5 Å². The molecule has 0 radical (unpaired) electrons. The van der Waals surface area contributed by atoms with E-state index >= 15 is 0 Å². The van der Waals surface area contributed by atoms with Gasteiger partial charge in [-0.05, 0) is 24.3 Å². The van der Waals surface area contributed by atoms with E-state index in [0.717, 1.165) is 18.2 Å². The Balaban J connectivity index is 1.96. The Morgan fingerprint density at radius 2 is 1.97 bits per heavy atom. The molecule has 1 aromatic heterocycles. The van der Waals surface area contributed by atoms with Crippen LogP contribution < -0.4 is 4.74 Å². The number of alkyl halides is 3. The fourth-order valence-electron chi connectivity index (χ4n) is 2.66. The maximum atomic E-state index is 13.0. The summed E-state index contributed by atoms with van der Waals surface area (Å²) in [6, 6.07) is 10.4. The van der Waals surface area contributed by atoms with Gasteiger partial charge in [-0.1, -0.05) is 24.3 Å². The normalized spacial score (nSPS) is 12.6. The molecule has 1 N–H and O–H groups in total. The van der Waals surface area contributed by atoms with Gasteiger partial charge in [-0.3, -0.25) is 0 Å². The number of para-hydroxylation sites is 1. The molecule has 0 amide bonds. The van der Waals surface area contributed by atoms with Crippen LogP contribution in [-0.2, 0) is 22.3 Å². The minimum Gasteiger partial charge on any atom is -0.478 e. The van der Waals surface area contributed by atoms with Crippen molar-refractivity contribution >= 4 is 5.97 Å². The Kier molecular flexibility index (Phi) is 5.88. The highest BCUT2D eigenvalue weighted by molar-refractivity contribution is 5.75. The molecule has 9 heteroatoms. The number of rotatable bonds is 7. The first-order chi connectivity index (χ1) is 13.8. The second kappa shape index (κ2) is 8.36. The molecule has 6 nitrogen and oxygen atoms in total. The zero-order valence-corrected chi connectivity index (χ0v) is 15.1. The quantitative estimate of drug-likeness (QED) is 0.611. The molecule has 1 heterocycles. The summed E-state index contributed by atoms with van der Waals surface area (Å²) in [4.78, 5) is 16.0. The maximum Gasteiger partial charge on any atom is 0.416 e. The van der Waals surface area contributed by atoms with Crippen molar-refractivity contribution in [1.29, 1.82) is 0 Å². The molecule has 3 rings (SSSR count). The van der Waals surface area contributed by atoms with Crippen LogP contribution in [0.1, 0.15) is 22.9 Å². The number of halogens is 3. The first kappa shape index (κ1) is 20.4. The van der Waals surface area contributed by atoms with Gasteiger partial charge < -0.3 is 19.0 Å². The number of carboxylic acids is 1. The maximum absolute atomic E-state index is 13.0. The van der Waals surface area contributed by atoms with Gasteiger partial charge in [-0.25, -0.2) is 9.78 Å². The van der Waals surface area contributed by atoms with E-state index in [0.29, 0.717) is 11.3 Å². The predicted molar refractivity (Wildman–Crippen MR) is 95.1 cm³/mol. The van der Waals surface area contributed by atoms with Crippen LogP contribution in [0.3, 0.4) is 0 Å². The van der Waals surface area contributed by atoms with Crippen molar-refractivity contribution in [3.63, 3.8) is 0 Å². The number of carbonyl (C=O) groups is 1. The van der Waals surface area contributed by atoms with Gasteiger partial charge in [0.25, 0.3) is 0 Å². The molecule has 0 aliphatic heterocycles. The van der Waals surface area contributed by atoms with E-state index in [1.54, 1.807) is 18.2 Å². The van der Waals surface area contributed by atoms with E-state index in [2.05, 4.69) is 4.98 Å². The van der Waals surface area contributed by atoms with Crippen LogP contribution in [0.5, 0.6) is 5.75 Å². The Hall–Kier alpha value is -3.33. The standard InChI is InChI=1S/C20H16F3NO5/c1-27-10-14-11-28-18(24-14)15-7-2-3-8-16(15)29-17(19(25)26)12-5-4-6-13(9-12)20(21,22)23/h2-9,11,17H,10H2,1H3,(H,25,26). The molecule has 3 aromatic rings. The van der Waals surface area contributed by atoms with E-state index in [1.807, 2.05) is 0 Å². The average Bonchev–Trinajstić information content (AvgIpc) is 3.14. The second-order valence-corrected chi connectivity index (χ2v) is 6.03. The van der Waals surface area contributed by atoms with Gasteiger partial charge >= 0.3 is 12.1 Å². The lowest BCUT2D eigenvalue weighted by Gasteiger charge is -2.18. The second-order valence-electron chi connectivity index (χ2n) is 6.03. The van der Waals surface area contributed by atoms with Crippen LogP contribution in [0.2, 0.25) is 0 Å². The highest BCUT2D eigenvalue weighted by Crippen LogP contribution is 2.35. The molecule has 0 saturated heterocycles. The highest BCUT2D eigenvalue weighted by Gasteiger charge is 2.32. The summed E-state index contributed by atoms with van der Waals surface area (Å²) in [6.07, 6.45) is -4.88.